The van der Waals surface area contributed by atoms with E-state index in [9.17, 15) is 0 Å². The molecule has 0 atom stereocenters. The van der Waals surface area contributed by atoms with Gasteiger partial charge in [0.15, 0.2) is 5.82 Å². The Morgan fingerprint density at radius 2 is 2.10 bits per heavy atom. The van der Waals surface area contributed by atoms with E-state index >= 15 is 0 Å². The fraction of sp³-hybridized carbons (Fsp3) is 0.312. The summed E-state index contributed by atoms with van der Waals surface area (Å²) in [6.45, 7) is 2.64. The fourth-order valence-corrected chi connectivity index (χ4v) is 2.44. The molecule has 4 rings (SSSR count). The highest BCUT2D eigenvalue weighted by Crippen LogP contribution is 2.27. The van der Waals surface area contributed by atoms with Gasteiger partial charge in [0, 0.05) is 17.1 Å². The van der Waals surface area contributed by atoms with Crippen LogP contribution in [0.15, 0.2) is 34.9 Å². The highest BCUT2D eigenvalue weighted by Gasteiger charge is 2.21. The van der Waals surface area contributed by atoms with E-state index in [-0.39, 0.29) is 0 Å². The van der Waals surface area contributed by atoms with Gasteiger partial charge < -0.3 is 9.84 Å². The van der Waals surface area contributed by atoms with Crippen molar-refractivity contribution in [2.45, 2.75) is 32.4 Å². The number of aromatic nitrogens is 3. The Morgan fingerprint density at radius 3 is 2.95 bits per heavy atom. The molecular formula is C16H16N4O. The van der Waals surface area contributed by atoms with Crippen LogP contribution < -0.4 is 5.32 Å². The lowest BCUT2D eigenvalue weighted by molar-refractivity contribution is 0.419. The molecule has 0 unspecified atom stereocenters. The van der Waals surface area contributed by atoms with E-state index < -0.39 is 0 Å². The van der Waals surface area contributed by atoms with Crippen molar-refractivity contribution in [3.63, 3.8) is 0 Å². The number of nitrogens with zero attached hydrogens (tertiary/aromatic N) is 3. The van der Waals surface area contributed by atoms with Crippen molar-refractivity contribution in [3.8, 4) is 11.5 Å². The number of aryl methyl sites for hydroxylation is 1. The van der Waals surface area contributed by atoms with Gasteiger partial charge in [-0.05, 0) is 31.9 Å². The van der Waals surface area contributed by atoms with Crippen LogP contribution in [0.1, 0.15) is 24.4 Å². The second kappa shape index (κ2) is 4.93. The summed E-state index contributed by atoms with van der Waals surface area (Å²) in [4.78, 5) is 9.04. The van der Waals surface area contributed by atoms with Gasteiger partial charge in [-0.15, -0.1) is 0 Å². The summed E-state index contributed by atoms with van der Waals surface area (Å²) in [5.74, 6) is 1.26. The van der Waals surface area contributed by atoms with Crippen LogP contribution in [0.2, 0.25) is 0 Å². The summed E-state index contributed by atoms with van der Waals surface area (Å²) in [7, 11) is 0. The molecule has 1 N–H and O–H groups in total. The minimum Gasteiger partial charge on any atom is -0.334 e. The average molecular weight is 280 g/mol. The van der Waals surface area contributed by atoms with Crippen molar-refractivity contribution in [3.05, 3.63) is 41.9 Å². The maximum Gasteiger partial charge on any atom is 0.258 e. The molecule has 1 aromatic carbocycles. The van der Waals surface area contributed by atoms with Crippen molar-refractivity contribution >= 4 is 10.9 Å². The Balaban J connectivity index is 1.71. The SMILES string of the molecule is Cc1cc(-c2nc(CNC3CC3)no2)c2ccccc2n1. The molecule has 2 heterocycles. The minimum absolute atomic E-state index is 0.560. The molecule has 0 radical (unpaired) electrons. The first kappa shape index (κ1) is 12.5. The van der Waals surface area contributed by atoms with Gasteiger partial charge in [-0.3, -0.25) is 4.98 Å². The number of hydrogen-bond donors (Lipinski definition) is 1. The smallest absolute Gasteiger partial charge is 0.258 e. The van der Waals surface area contributed by atoms with Crippen LogP contribution in [0.3, 0.4) is 0 Å². The first-order chi connectivity index (χ1) is 10.3. The summed E-state index contributed by atoms with van der Waals surface area (Å²) in [5.41, 5.74) is 2.84. The van der Waals surface area contributed by atoms with Gasteiger partial charge >= 0.3 is 0 Å². The fourth-order valence-electron chi connectivity index (χ4n) is 2.44. The normalized spacial score (nSPS) is 14.7. The van der Waals surface area contributed by atoms with Gasteiger partial charge in [0.25, 0.3) is 5.89 Å². The number of nitrogens with one attached hydrogen (secondary N) is 1. The molecule has 0 saturated heterocycles. The van der Waals surface area contributed by atoms with Crippen LogP contribution in [0.25, 0.3) is 22.4 Å². The van der Waals surface area contributed by atoms with E-state index in [2.05, 4.69) is 20.4 Å². The average Bonchev–Trinajstić information content (AvgIpc) is 3.21. The van der Waals surface area contributed by atoms with Crippen molar-refractivity contribution in [1.82, 2.24) is 20.4 Å². The van der Waals surface area contributed by atoms with Crippen LogP contribution in [0.4, 0.5) is 0 Å². The number of rotatable bonds is 4. The summed E-state index contributed by atoms with van der Waals surface area (Å²) < 4.78 is 5.44. The number of fused-ring (bicyclic) bond motifs is 1. The minimum atomic E-state index is 0.560. The molecule has 106 valence electrons. The molecule has 1 fully saturated rings. The summed E-state index contributed by atoms with van der Waals surface area (Å²) in [5, 5.41) is 8.48. The van der Waals surface area contributed by atoms with E-state index in [1.165, 1.54) is 12.8 Å². The van der Waals surface area contributed by atoms with Gasteiger partial charge in [0.2, 0.25) is 0 Å². The van der Waals surface area contributed by atoms with Gasteiger partial charge in [0.05, 0.1) is 17.6 Å². The number of pyridine rings is 1. The first-order valence-electron chi connectivity index (χ1n) is 7.22. The molecule has 5 nitrogen and oxygen atoms in total. The zero-order valence-corrected chi connectivity index (χ0v) is 11.8. The summed E-state index contributed by atoms with van der Waals surface area (Å²) in [6.07, 6.45) is 2.50. The number of hydrogen-bond acceptors (Lipinski definition) is 5. The van der Waals surface area contributed by atoms with Crippen molar-refractivity contribution < 1.29 is 4.52 Å². The topological polar surface area (TPSA) is 63.8 Å². The quantitative estimate of drug-likeness (QED) is 0.796. The lowest BCUT2D eigenvalue weighted by Gasteiger charge is -2.03. The predicted octanol–water partition coefficient (Wildman–Crippen LogP) is 2.85. The molecule has 0 amide bonds. The van der Waals surface area contributed by atoms with Crippen molar-refractivity contribution in [2.75, 3.05) is 0 Å². The Morgan fingerprint density at radius 1 is 1.24 bits per heavy atom. The van der Waals surface area contributed by atoms with Crippen LogP contribution in [0.5, 0.6) is 0 Å². The molecule has 0 aliphatic heterocycles. The third kappa shape index (κ3) is 2.52. The molecule has 21 heavy (non-hydrogen) atoms. The van der Waals surface area contributed by atoms with Crippen LogP contribution >= 0.6 is 0 Å². The number of benzene rings is 1. The monoisotopic (exact) mass is 280 g/mol. The third-order valence-corrected chi connectivity index (χ3v) is 3.67. The van der Waals surface area contributed by atoms with Crippen LogP contribution in [0, 0.1) is 6.92 Å². The standard InChI is InChI=1S/C16H16N4O/c1-10-8-13(12-4-2-3-5-14(12)18-10)16-19-15(20-21-16)9-17-11-6-7-11/h2-5,8,11,17H,6-7,9H2,1H3. The van der Waals surface area contributed by atoms with Crippen molar-refractivity contribution in [1.29, 1.82) is 0 Å². The number of para-hydroxylation sites is 1. The third-order valence-electron chi connectivity index (χ3n) is 3.67. The highest BCUT2D eigenvalue weighted by atomic mass is 16.5. The molecule has 0 spiro atoms. The molecule has 1 aliphatic rings. The maximum atomic E-state index is 5.44. The van der Waals surface area contributed by atoms with E-state index in [4.69, 9.17) is 4.52 Å². The molecule has 1 saturated carbocycles. The molecule has 5 heteroatoms. The second-order valence-corrected chi connectivity index (χ2v) is 5.50. The molecule has 0 bridgehead atoms. The van der Waals surface area contributed by atoms with E-state index in [1.807, 2.05) is 37.3 Å². The van der Waals surface area contributed by atoms with Crippen LogP contribution in [-0.4, -0.2) is 21.2 Å². The predicted molar refractivity (Wildman–Crippen MR) is 79.6 cm³/mol. The molecule has 1 aliphatic carbocycles. The highest BCUT2D eigenvalue weighted by molar-refractivity contribution is 5.92. The zero-order chi connectivity index (χ0) is 14.2. The van der Waals surface area contributed by atoms with E-state index in [1.54, 1.807) is 0 Å². The summed E-state index contributed by atoms with van der Waals surface area (Å²) >= 11 is 0. The molecule has 2 aromatic heterocycles. The first-order valence-corrected chi connectivity index (χ1v) is 7.22. The Bertz CT molecular complexity index is 792. The van der Waals surface area contributed by atoms with E-state index in [0.717, 1.165) is 22.2 Å². The lowest BCUT2D eigenvalue weighted by atomic mass is 10.1. The van der Waals surface area contributed by atoms with Gasteiger partial charge in [0.1, 0.15) is 0 Å². The van der Waals surface area contributed by atoms with Gasteiger partial charge in [-0.25, -0.2) is 0 Å². The maximum absolute atomic E-state index is 5.44. The lowest BCUT2D eigenvalue weighted by Crippen LogP contribution is -2.16. The Kier molecular flexibility index (Phi) is 2.93. The van der Waals surface area contributed by atoms with E-state index in [0.29, 0.717) is 24.3 Å². The molecule has 3 aromatic rings. The summed E-state index contributed by atoms with van der Waals surface area (Å²) in [6, 6.07) is 10.6. The van der Waals surface area contributed by atoms with Gasteiger partial charge in [-0.2, -0.15) is 4.98 Å². The second-order valence-electron chi connectivity index (χ2n) is 5.50. The Labute approximate surface area is 122 Å². The van der Waals surface area contributed by atoms with Crippen LogP contribution in [-0.2, 0) is 6.54 Å². The van der Waals surface area contributed by atoms with Crippen molar-refractivity contribution in [2.24, 2.45) is 0 Å². The largest absolute Gasteiger partial charge is 0.334 e. The van der Waals surface area contributed by atoms with Gasteiger partial charge in [-0.1, -0.05) is 23.4 Å². The zero-order valence-electron chi connectivity index (χ0n) is 11.8. The Hall–Kier alpha value is -2.27. The molecular weight excluding hydrogens is 264 g/mol.